The van der Waals surface area contributed by atoms with E-state index in [0.29, 0.717) is 17.9 Å². The monoisotopic (exact) mass is 270 g/mol. The molecule has 98 valence electrons. The highest BCUT2D eigenvalue weighted by molar-refractivity contribution is 7.92. The van der Waals surface area contributed by atoms with Crippen molar-refractivity contribution in [3.63, 3.8) is 0 Å². The third kappa shape index (κ3) is 3.89. The van der Waals surface area contributed by atoms with Crippen LogP contribution in [-0.4, -0.2) is 21.3 Å². The third-order valence-corrected chi connectivity index (χ3v) is 3.70. The first-order chi connectivity index (χ1) is 8.52. The van der Waals surface area contributed by atoms with Gasteiger partial charge in [0.05, 0.1) is 24.6 Å². The van der Waals surface area contributed by atoms with Gasteiger partial charge in [-0.1, -0.05) is 13.3 Å². The highest BCUT2D eigenvalue weighted by atomic mass is 32.2. The fourth-order valence-corrected chi connectivity index (χ4v) is 2.65. The first-order valence-electron chi connectivity index (χ1n) is 5.56. The molecule has 0 aliphatic carbocycles. The molecule has 0 aliphatic rings. The predicted octanol–water partition coefficient (Wildman–Crippen LogP) is 2.72. The Hall–Kier alpha value is -1.81. The van der Waals surface area contributed by atoms with Gasteiger partial charge in [-0.3, -0.25) is 4.72 Å². The standard InChI is InChI=1S/C11H16N3O3S/c1-3-4-7-18(15,16)14-9-5-6-11(17-2)10(8-9)13-12/h5-6,8,14H,3-4,7H2,1-2H3/q+1. The molecule has 0 heterocycles. The van der Waals surface area contributed by atoms with Crippen LogP contribution in [0.1, 0.15) is 19.8 Å². The van der Waals surface area contributed by atoms with E-state index >= 15 is 0 Å². The lowest BCUT2D eigenvalue weighted by molar-refractivity contribution is 0.417. The van der Waals surface area contributed by atoms with Crippen molar-refractivity contribution < 1.29 is 13.2 Å². The second-order valence-corrected chi connectivity index (χ2v) is 5.60. The van der Waals surface area contributed by atoms with Crippen molar-refractivity contribution in [1.82, 2.24) is 0 Å². The molecule has 0 bridgehead atoms. The number of methoxy groups -OCH3 is 1. The fraction of sp³-hybridized carbons (Fsp3) is 0.455. The number of nitrogens with one attached hydrogen (secondary N) is 1. The molecule has 1 aromatic rings. The van der Waals surface area contributed by atoms with E-state index in [-0.39, 0.29) is 11.4 Å². The van der Waals surface area contributed by atoms with Crippen molar-refractivity contribution in [2.45, 2.75) is 19.8 Å². The molecule has 0 aliphatic heterocycles. The van der Waals surface area contributed by atoms with E-state index in [9.17, 15) is 8.42 Å². The van der Waals surface area contributed by atoms with Crippen LogP contribution < -0.4 is 9.46 Å². The predicted molar refractivity (Wildman–Crippen MR) is 70.1 cm³/mol. The summed E-state index contributed by atoms with van der Waals surface area (Å²) in [5, 5.41) is 8.78. The molecular weight excluding hydrogens is 254 g/mol. The molecule has 0 unspecified atom stereocenters. The molecule has 1 N–H and O–H groups in total. The summed E-state index contributed by atoms with van der Waals surface area (Å²) < 4.78 is 30.7. The molecule has 1 rings (SSSR count). The Morgan fingerprint density at radius 1 is 1.44 bits per heavy atom. The van der Waals surface area contributed by atoms with Crippen molar-refractivity contribution in [2.75, 3.05) is 17.6 Å². The SMILES string of the molecule is CCCCS(=O)(=O)Nc1ccc(OC)c([N+]#N)c1. The zero-order valence-corrected chi connectivity index (χ0v) is 11.2. The number of unbranched alkanes of at least 4 members (excludes halogenated alkanes) is 1. The van der Waals surface area contributed by atoms with Gasteiger partial charge in [0.2, 0.25) is 21.2 Å². The third-order valence-electron chi connectivity index (χ3n) is 2.33. The number of benzene rings is 1. The molecule has 0 saturated heterocycles. The van der Waals surface area contributed by atoms with E-state index < -0.39 is 10.0 Å². The second-order valence-electron chi connectivity index (χ2n) is 3.76. The van der Waals surface area contributed by atoms with Crippen LogP contribution in [0.2, 0.25) is 0 Å². The zero-order valence-electron chi connectivity index (χ0n) is 10.4. The maximum absolute atomic E-state index is 11.7. The van der Waals surface area contributed by atoms with Crippen LogP contribution in [0.4, 0.5) is 11.4 Å². The number of hydrogen-bond donors (Lipinski definition) is 1. The number of diazo groups is 1. The van der Waals surface area contributed by atoms with Crippen LogP contribution in [0.15, 0.2) is 18.2 Å². The van der Waals surface area contributed by atoms with Gasteiger partial charge in [0.25, 0.3) is 0 Å². The van der Waals surface area contributed by atoms with Crippen LogP contribution in [0, 0.1) is 5.39 Å². The van der Waals surface area contributed by atoms with E-state index in [1.807, 2.05) is 6.92 Å². The molecule has 0 spiro atoms. The fourth-order valence-electron chi connectivity index (χ4n) is 1.40. The maximum atomic E-state index is 11.7. The van der Waals surface area contributed by atoms with Gasteiger partial charge < -0.3 is 4.74 Å². The Balaban J connectivity index is 2.90. The summed E-state index contributed by atoms with van der Waals surface area (Å²) in [5.74, 6) is 0.440. The number of anilines is 1. The van der Waals surface area contributed by atoms with E-state index in [0.717, 1.165) is 6.42 Å². The van der Waals surface area contributed by atoms with Gasteiger partial charge in [0.15, 0.2) is 4.98 Å². The molecule has 18 heavy (non-hydrogen) atoms. The van der Waals surface area contributed by atoms with Gasteiger partial charge in [-0.15, -0.1) is 0 Å². The summed E-state index contributed by atoms with van der Waals surface area (Å²) in [6, 6.07) is 4.49. The molecule has 0 atom stereocenters. The van der Waals surface area contributed by atoms with Crippen LogP contribution in [-0.2, 0) is 10.0 Å². The summed E-state index contributed by atoms with van der Waals surface area (Å²) in [7, 11) is -1.92. The highest BCUT2D eigenvalue weighted by Crippen LogP contribution is 2.30. The Morgan fingerprint density at radius 3 is 2.72 bits per heavy atom. The summed E-state index contributed by atoms with van der Waals surface area (Å²) in [5.41, 5.74) is 0.521. The van der Waals surface area contributed by atoms with Gasteiger partial charge in [-0.2, -0.15) is 0 Å². The minimum Gasteiger partial charge on any atom is -0.489 e. The number of rotatable bonds is 6. The molecule has 0 saturated carbocycles. The first kappa shape index (κ1) is 14.3. The van der Waals surface area contributed by atoms with Gasteiger partial charge in [0, 0.05) is 0 Å². The normalized spacial score (nSPS) is 10.7. The van der Waals surface area contributed by atoms with E-state index in [1.54, 1.807) is 6.07 Å². The zero-order chi connectivity index (χ0) is 13.6. The Bertz CT molecular complexity index is 549. The van der Waals surface area contributed by atoms with Gasteiger partial charge in [-0.25, -0.2) is 8.42 Å². The summed E-state index contributed by atoms with van der Waals surface area (Å²) in [6.45, 7) is 1.92. The van der Waals surface area contributed by atoms with Crippen molar-refractivity contribution in [3.8, 4) is 5.75 Å². The average molecular weight is 270 g/mol. The van der Waals surface area contributed by atoms with Crippen molar-refractivity contribution in [1.29, 1.82) is 5.39 Å². The Morgan fingerprint density at radius 2 is 2.17 bits per heavy atom. The second kappa shape index (κ2) is 6.21. The molecule has 0 radical (unpaired) electrons. The minimum absolute atomic E-state index is 0.0706. The molecule has 0 aromatic heterocycles. The smallest absolute Gasteiger partial charge is 0.428 e. The van der Waals surface area contributed by atoms with E-state index in [1.165, 1.54) is 19.2 Å². The summed E-state index contributed by atoms with van der Waals surface area (Å²) in [6.07, 6.45) is 1.41. The summed E-state index contributed by atoms with van der Waals surface area (Å²) in [4.78, 5) is 3.03. The lowest BCUT2D eigenvalue weighted by Crippen LogP contribution is -2.16. The average Bonchev–Trinajstić information content (AvgIpc) is 2.35. The molecule has 6 nitrogen and oxygen atoms in total. The Kier molecular flexibility index (Phi) is 4.92. The van der Waals surface area contributed by atoms with Gasteiger partial charge in [-0.05, 0) is 18.6 Å². The van der Waals surface area contributed by atoms with E-state index in [4.69, 9.17) is 10.1 Å². The van der Waals surface area contributed by atoms with Crippen LogP contribution >= 0.6 is 0 Å². The first-order valence-corrected chi connectivity index (χ1v) is 7.21. The van der Waals surface area contributed by atoms with Crippen molar-refractivity contribution in [3.05, 3.63) is 23.2 Å². The van der Waals surface area contributed by atoms with Crippen LogP contribution in [0.5, 0.6) is 5.75 Å². The molecule has 0 amide bonds. The minimum atomic E-state index is -3.36. The highest BCUT2D eigenvalue weighted by Gasteiger charge is 2.17. The number of nitrogens with zero attached hydrogens (tertiary/aromatic N) is 2. The lowest BCUT2D eigenvalue weighted by Gasteiger charge is -2.06. The van der Waals surface area contributed by atoms with E-state index in [2.05, 4.69) is 9.70 Å². The van der Waals surface area contributed by atoms with Gasteiger partial charge in [0.1, 0.15) is 0 Å². The van der Waals surface area contributed by atoms with Crippen LogP contribution in [0.25, 0.3) is 4.98 Å². The lowest BCUT2D eigenvalue weighted by atomic mass is 10.2. The molecular formula is C11H16N3O3S+. The number of ether oxygens (including phenoxy) is 1. The molecule has 7 heteroatoms. The van der Waals surface area contributed by atoms with Crippen molar-refractivity contribution >= 4 is 21.4 Å². The number of sulfonamides is 1. The Labute approximate surface area is 107 Å². The quantitative estimate of drug-likeness (QED) is 0.805. The molecule has 0 fully saturated rings. The number of hydrogen-bond acceptors (Lipinski definition) is 4. The van der Waals surface area contributed by atoms with Crippen LogP contribution in [0.3, 0.4) is 0 Å². The summed E-state index contributed by atoms with van der Waals surface area (Å²) >= 11 is 0. The maximum Gasteiger partial charge on any atom is 0.428 e. The van der Waals surface area contributed by atoms with Crippen molar-refractivity contribution in [2.24, 2.45) is 0 Å². The topological polar surface area (TPSA) is 83.6 Å². The van der Waals surface area contributed by atoms with Gasteiger partial charge >= 0.3 is 5.69 Å². The molecule has 1 aromatic carbocycles. The largest absolute Gasteiger partial charge is 0.489 e.